The Hall–Kier alpha value is -3.79. The van der Waals surface area contributed by atoms with Crippen molar-refractivity contribution < 1.29 is 4.79 Å². The van der Waals surface area contributed by atoms with Crippen LogP contribution in [0.15, 0.2) is 121 Å². The quantitative estimate of drug-likeness (QED) is 0.362. The summed E-state index contributed by atoms with van der Waals surface area (Å²) in [7, 11) is 0. The van der Waals surface area contributed by atoms with E-state index in [1.54, 1.807) is 0 Å². The van der Waals surface area contributed by atoms with Gasteiger partial charge < -0.3 is 5.32 Å². The topological polar surface area (TPSA) is 29.1 Å². The summed E-state index contributed by atoms with van der Waals surface area (Å²) < 4.78 is 0. The van der Waals surface area contributed by atoms with Gasteiger partial charge in [-0.3, -0.25) is 4.79 Å². The van der Waals surface area contributed by atoms with E-state index < -0.39 is 6.89 Å². The molecule has 3 heteroatoms. The molecule has 4 aromatic carbocycles. The second kappa shape index (κ2) is 10.0. The molecule has 1 N–H and O–H groups in total. The van der Waals surface area contributed by atoms with Crippen molar-refractivity contribution in [2.75, 3.05) is 6.54 Å². The van der Waals surface area contributed by atoms with Crippen LogP contribution in [-0.2, 0) is 4.79 Å². The van der Waals surface area contributed by atoms with Gasteiger partial charge in [-0.2, -0.15) is 0 Å². The molecular weight excluding hydrogens is 409 g/mol. The maximum atomic E-state index is 13.9. The third kappa shape index (κ3) is 4.04. The summed E-state index contributed by atoms with van der Waals surface area (Å²) in [6, 6.07) is 41.0. The van der Waals surface area contributed by atoms with Gasteiger partial charge in [0.25, 0.3) is 5.91 Å². The maximum absolute atomic E-state index is 13.9. The van der Waals surface area contributed by atoms with Gasteiger partial charge in [0.05, 0.1) is 11.8 Å². The Morgan fingerprint density at radius 1 is 0.656 bits per heavy atom. The Balaban J connectivity index is 2.27. The molecule has 1 amide bonds. The van der Waals surface area contributed by atoms with E-state index in [1.807, 2.05) is 84.9 Å². The molecule has 2 nitrogen and oxygen atoms in total. The summed E-state index contributed by atoms with van der Waals surface area (Å²) in [5.74, 6) is 2.40. The molecule has 4 aromatic rings. The standard InChI is InChI=1S/C29H24NOP/c1-2-23-30-29(31)28(24-15-7-3-8-16-24)32(25-17-9-4-10-18-25,26-19-11-5-12-20-26)27-21-13-6-14-22-27/h1,3-22H,23H2,(H,30,31). The first-order valence-corrected chi connectivity index (χ1v) is 12.3. The van der Waals surface area contributed by atoms with E-state index >= 15 is 0 Å². The van der Waals surface area contributed by atoms with Crippen molar-refractivity contribution in [2.45, 2.75) is 0 Å². The minimum Gasteiger partial charge on any atom is -0.341 e. The third-order valence-electron chi connectivity index (χ3n) is 5.38. The van der Waals surface area contributed by atoms with Crippen LogP contribution >= 0.6 is 6.89 Å². The molecule has 0 aliphatic carbocycles. The van der Waals surface area contributed by atoms with E-state index in [2.05, 4.69) is 47.6 Å². The fourth-order valence-electron chi connectivity index (χ4n) is 4.08. The van der Waals surface area contributed by atoms with Crippen LogP contribution < -0.4 is 21.2 Å². The number of hydrogen-bond donors (Lipinski definition) is 1. The molecule has 156 valence electrons. The van der Waals surface area contributed by atoms with Crippen molar-refractivity contribution in [3.63, 3.8) is 0 Å². The molecule has 0 heterocycles. The van der Waals surface area contributed by atoms with Gasteiger partial charge in [0.15, 0.2) is 0 Å². The zero-order chi connectivity index (χ0) is 22.2. The van der Waals surface area contributed by atoms with Gasteiger partial charge in [0.1, 0.15) is 0 Å². The van der Waals surface area contributed by atoms with E-state index in [1.165, 1.54) is 0 Å². The number of carbonyl (C=O) groups excluding carboxylic acids is 1. The molecule has 0 unspecified atom stereocenters. The predicted octanol–water partition coefficient (Wildman–Crippen LogP) is 3.95. The average Bonchev–Trinajstić information content (AvgIpc) is 2.88. The number of benzene rings is 4. The van der Waals surface area contributed by atoms with Crippen molar-refractivity contribution in [3.05, 3.63) is 127 Å². The highest BCUT2D eigenvalue weighted by Crippen LogP contribution is 2.47. The van der Waals surface area contributed by atoms with Crippen molar-refractivity contribution in [1.29, 1.82) is 0 Å². The van der Waals surface area contributed by atoms with Gasteiger partial charge in [-0.25, -0.2) is 0 Å². The SMILES string of the molecule is C#CCNC(=O)C(c1ccccc1)=P(c1ccccc1)(c1ccccc1)c1ccccc1. The van der Waals surface area contributed by atoms with Crippen LogP contribution in [0.3, 0.4) is 0 Å². The van der Waals surface area contributed by atoms with Crippen LogP contribution in [0.1, 0.15) is 5.56 Å². The van der Waals surface area contributed by atoms with Crippen LogP contribution in [0.5, 0.6) is 0 Å². The monoisotopic (exact) mass is 433 g/mol. The smallest absolute Gasteiger partial charge is 0.253 e. The van der Waals surface area contributed by atoms with Crippen molar-refractivity contribution in [1.82, 2.24) is 5.32 Å². The van der Waals surface area contributed by atoms with E-state index in [0.717, 1.165) is 26.8 Å². The van der Waals surface area contributed by atoms with Gasteiger partial charge in [-0.1, -0.05) is 127 Å². The molecular formula is C29H24NOP. The lowest BCUT2D eigenvalue weighted by Gasteiger charge is -2.32. The first-order chi connectivity index (χ1) is 15.8. The first-order valence-electron chi connectivity index (χ1n) is 10.5. The molecule has 0 atom stereocenters. The lowest BCUT2D eigenvalue weighted by atomic mass is 10.1. The number of carbonyl (C=O) groups is 1. The Kier molecular flexibility index (Phi) is 6.71. The lowest BCUT2D eigenvalue weighted by Crippen LogP contribution is -2.39. The number of nitrogens with one attached hydrogen (secondary N) is 1. The summed E-state index contributed by atoms with van der Waals surface area (Å²) in [6.45, 7) is -2.37. The number of terminal acetylenes is 1. The molecule has 0 aliphatic heterocycles. The van der Waals surface area contributed by atoms with Crippen LogP contribution in [0.25, 0.3) is 0 Å². The van der Waals surface area contributed by atoms with Crippen LogP contribution in [0.4, 0.5) is 0 Å². The minimum absolute atomic E-state index is 0.140. The van der Waals surface area contributed by atoms with Gasteiger partial charge in [-0.05, 0) is 28.4 Å². The number of amides is 1. The first kappa shape index (κ1) is 21.4. The van der Waals surface area contributed by atoms with Crippen molar-refractivity contribution in [2.24, 2.45) is 0 Å². The van der Waals surface area contributed by atoms with Gasteiger partial charge in [0.2, 0.25) is 0 Å². The average molecular weight is 433 g/mol. The number of hydrogen-bond acceptors (Lipinski definition) is 1. The fourth-order valence-corrected chi connectivity index (χ4v) is 8.52. The highest BCUT2D eigenvalue weighted by atomic mass is 31.2. The molecule has 0 fully saturated rings. The van der Waals surface area contributed by atoms with E-state index in [0.29, 0.717) is 0 Å². The highest BCUT2D eigenvalue weighted by Gasteiger charge is 2.33. The minimum atomic E-state index is -2.55. The second-order valence-electron chi connectivity index (χ2n) is 7.28. The molecule has 0 bridgehead atoms. The zero-order valence-corrected chi connectivity index (χ0v) is 18.6. The highest BCUT2D eigenvalue weighted by molar-refractivity contribution is 7.96. The zero-order valence-electron chi connectivity index (χ0n) is 17.7. The van der Waals surface area contributed by atoms with Gasteiger partial charge >= 0.3 is 0 Å². The Morgan fingerprint density at radius 2 is 1.03 bits per heavy atom. The summed E-state index contributed by atoms with van der Waals surface area (Å²) in [5.41, 5.74) is 0.895. The predicted molar refractivity (Wildman–Crippen MR) is 138 cm³/mol. The second-order valence-corrected chi connectivity index (χ2v) is 10.6. The molecule has 0 saturated heterocycles. The van der Waals surface area contributed by atoms with E-state index in [9.17, 15) is 4.79 Å². The molecule has 32 heavy (non-hydrogen) atoms. The summed E-state index contributed by atoms with van der Waals surface area (Å²) >= 11 is 0. The van der Waals surface area contributed by atoms with Gasteiger partial charge in [0, 0.05) is 0 Å². The third-order valence-corrected chi connectivity index (χ3v) is 9.73. The fraction of sp³-hybridized carbons (Fsp3) is 0.0345. The van der Waals surface area contributed by atoms with Crippen LogP contribution in [0, 0.1) is 12.3 Å². The van der Waals surface area contributed by atoms with Gasteiger partial charge in [-0.15, -0.1) is 6.42 Å². The van der Waals surface area contributed by atoms with E-state index in [4.69, 9.17) is 6.42 Å². The molecule has 0 spiro atoms. The van der Waals surface area contributed by atoms with E-state index in [-0.39, 0.29) is 12.5 Å². The maximum Gasteiger partial charge on any atom is 0.253 e. The van der Waals surface area contributed by atoms with Crippen molar-refractivity contribution >= 4 is 34.0 Å². The summed E-state index contributed by atoms with van der Waals surface area (Å²) in [6.07, 6.45) is 5.49. The van der Waals surface area contributed by atoms with Crippen molar-refractivity contribution in [3.8, 4) is 12.3 Å². The summed E-state index contributed by atoms with van der Waals surface area (Å²) in [4.78, 5) is 13.9. The molecule has 0 radical (unpaired) electrons. The van der Waals surface area contributed by atoms with Crippen LogP contribution in [0.2, 0.25) is 0 Å². The molecule has 0 saturated carbocycles. The Bertz CT molecular complexity index is 1170. The lowest BCUT2D eigenvalue weighted by molar-refractivity contribution is -0.114. The summed E-state index contributed by atoms with van der Waals surface area (Å²) in [5, 5.41) is 7.06. The largest absolute Gasteiger partial charge is 0.341 e. The van der Waals surface area contributed by atoms with Crippen LogP contribution in [-0.4, -0.2) is 17.7 Å². The number of rotatable bonds is 6. The normalized spacial score (nSPS) is 10.7. The molecule has 4 rings (SSSR count). The molecule has 0 aliphatic rings. The molecule has 0 aromatic heterocycles. The Labute approximate surface area is 189 Å². The Morgan fingerprint density at radius 3 is 1.41 bits per heavy atom.